The van der Waals surface area contributed by atoms with Crippen molar-refractivity contribution in [3.63, 3.8) is 0 Å². The SMILES string of the molecule is CCn1cccc1CNCC1(C2CC2)CC1. The first-order valence-corrected chi connectivity index (χ1v) is 6.69. The van der Waals surface area contributed by atoms with Gasteiger partial charge in [0.15, 0.2) is 0 Å². The van der Waals surface area contributed by atoms with Crippen molar-refractivity contribution in [3.05, 3.63) is 24.0 Å². The number of hydrogen-bond donors (Lipinski definition) is 1. The molecule has 0 atom stereocenters. The monoisotopic (exact) mass is 218 g/mol. The predicted octanol–water partition coefficient (Wildman–Crippen LogP) is 2.79. The molecule has 88 valence electrons. The predicted molar refractivity (Wildman–Crippen MR) is 66.2 cm³/mol. The van der Waals surface area contributed by atoms with E-state index in [1.807, 2.05) is 0 Å². The van der Waals surface area contributed by atoms with E-state index < -0.39 is 0 Å². The summed E-state index contributed by atoms with van der Waals surface area (Å²) in [5, 5.41) is 3.67. The Balaban J connectivity index is 1.49. The summed E-state index contributed by atoms with van der Waals surface area (Å²) < 4.78 is 2.32. The zero-order chi connectivity index (χ0) is 11.0. The summed E-state index contributed by atoms with van der Waals surface area (Å²) in [6, 6.07) is 4.38. The lowest BCUT2D eigenvalue weighted by Gasteiger charge is -2.15. The third-order valence-electron chi connectivity index (χ3n) is 4.38. The van der Waals surface area contributed by atoms with Crippen LogP contribution in [0.2, 0.25) is 0 Å². The van der Waals surface area contributed by atoms with Crippen LogP contribution in [-0.2, 0) is 13.1 Å². The van der Waals surface area contributed by atoms with Crippen molar-refractivity contribution in [1.29, 1.82) is 0 Å². The van der Waals surface area contributed by atoms with Gasteiger partial charge in [-0.05, 0) is 56.1 Å². The van der Waals surface area contributed by atoms with E-state index in [1.54, 1.807) is 0 Å². The molecule has 2 aliphatic rings. The lowest BCUT2D eigenvalue weighted by molar-refractivity contribution is 0.400. The number of aryl methyl sites for hydroxylation is 1. The van der Waals surface area contributed by atoms with Gasteiger partial charge in [-0.15, -0.1) is 0 Å². The molecular weight excluding hydrogens is 196 g/mol. The fourth-order valence-electron chi connectivity index (χ4n) is 2.94. The van der Waals surface area contributed by atoms with Crippen LogP contribution in [0, 0.1) is 11.3 Å². The first-order valence-electron chi connectivity index (χ1n) is 6.69. The summed E-state index contributed by atoms with van der Waals surface area (Å²) in [6.45, 7) is 5.57. The fourth-order valence-corrected chi connectivity index (χ4v) is 2.94. The topological polar surface area (TPSA) is 17.0 Å². The molecule has 0 aliphatic heterocycles. The van der Waals surface area contributed by atoms with E-state index in [0.717, 1.165) is 24.4 Å². The minimum Gasteiger partial charge on any atom is -0.351 e. The van der Waals surface area contributed by atoms with Crippen LogP contribution in [-0.4, -0.2) is 11.1 Å². The number of aromatic nitrogens is 1. The molecule has 0 aromatic carbocycles. The highest BCUT2D eigenvalue weighted by Gasteiger charge is 2.53. The molecule has 3 rings (SSSR count). The quantitative estimate of drug-likeness (QED) is 0.777. The summed E-state index contributed by atoms with van der Waals surface area (Å²) >= 11 is 0. The number of nitrogens with zero attached hydrogens (tertiary/aromatic N) is 1. The van der Waals surface area contributed by atoms with E-state index in [9.17, 15) is 0 Å². The van der Waals surface area contributed by atoms with Crippen molar-refractivity contribution in [3.8, 4) is 0 Å². The standard InChI is InChI=1S/C14H22N2/c1-2-16-9-3-4-13(16)10-15-11-14(7-8-14)12-5-6-12/h3-4,9,12,15H,2,5-8,10-11H2,1H3. The minimum atomic E-state index is 0.726. The summed E-state index contributed by atoms with van der Waals surface area (Å²) in [5.74, 6) is 1.07. The maximum Gasteiger partial charge on any atom is 0.0359 e. The van der Waals surface area contributed by atoms with Gasteiger partial charge in [-0.25, -0.2) is 0 Å². The van der Waals surface area contributed by atoms with Gasteiger partial charge in [0.05, 0.1) is 0 Å². The zero-order valence-corrected chi connectivity index (χ0v) is 10.2. The van der Waals surface area contributed by atoms with E-state index in [1.165, 1.54) is 37.9 Å². The molecule has 0 amide bonds. The molecular formula is C14H22N2. The second kappa shape index (κ2) is 3.92. The Morgan fingerprint density at radius 3 is 2.88 bits per heavy atom. The Kier molecular flexibility index (Phi) is 2.55. The summed E-state index contributed by atoms with van der Waals surface area (Å²) in [5.41, 5.74) is 2.15. The zero-order valence-electron chi connectivity index (χ0n) is 10.2. The second-order valence-electron chi connectivity index (χ2n) is 5.53. The molecule has 1 aromatic rings. The van der Waals surface area contributed by atoms with Gasteiger partial charge in [-0.2, -0.15) is 0 Å². The van der Waals surface area contributed by atoms with Crippen LogP contribution in [0.5, 0.6) is 0 Å². The minimum absolute atomic E-state index is 0.726. The van der Waals surface area contributed by atoms with Crippen LogP contribution >= 0.6 is 0 Å². The van der Waals surface area contributed by atoms with Crippen molar-refractivity contribution in [2.75, 3.05) is 6.54 Å². The number of rotatable bonds is 6. The molecule has 2 aliphatic carbocycles. The molecule has 0 unspecified atom stereocenters. The molecule has 1 aromatic heterocycles. The van der Waals surface area contributed by atoms with E-state index in [4.69, 9.17) is 0 Å². The van der Waals surface area contributed by atoms with E-state index in [-0.39, 0.29) is 0 Å². The highest BCUT2D eigenvalue weighted by atomic mass is 15.0. The van der Waals surface area contributed by atoms with Gasteiger partial charge in [-0.3, -0.25) is 0 Å². The molecule has 0 bridgehead atoms. The van der Waals surface area contributed by atoms with Crippen molar-refractivity contribution in [2.45, 2.75) is 45.7 Å². The van der Waals surface area contributed by atoms with E-state index >= 15 is 0 Å². The van der Waals surface area contributed by atoms with Gasteiger partial charge >= 0.3 is 0 Å². The molecule has 1 heterocycles. The molecule has 0 spiro atoms. The van der Waals surface area contributed by atoms with Crippen molar-refractivity contribution in [2.24, 2.45) is 11.3 Å². The summed E-state index contributed by atoms with van der Waals surface area (Å²) in [4.78, 5) is 0. The van der Waals surface area contributed by atoms with Crippen LogP contribution < -0.4 is 5.32 Å². The molecule has 0 saturated heterocycles. The first kappa shape index (κ1) is 10.4. The Bertz CT molecular complexity index is 359. The van der Waals surface area contributed by atoms with Gasteiger partial charge in [0.1, 0.15) is 0 Å². The van der Waals surface area contributed by atoms with Gasteiger partial charge in [0.2, 0.25) is 0 Å². The Morgan fingerprint density at radius 2 is 2.25 bits per heavy atom. The van der Waals surface area contributed by atoms with Crippen LogP contribution in [0.15, 0.2) is 18.3 Å². The van der Waals surface area contributed by atoms with Crippen LogP contribution in [0.1, 0.15) is 38.3 Å². The molecule has 2 fully saturated rings. The van der Waals surface area contributed by atoms with Crippen LogP contribution in [0.3, 0.4) is 0 Å². The maximum absolute atomic E-state index is 3.67. The maximum atomic E-state index is 3.67. The van der Waals surface area contributed by atoms with Crippen molar-refractivity contribution in [1.82, 2.24) is 9.88 Å². The fraction of sp³-hybridized carbons (Fsp3) is 0.714. The average Bonchev–Trinajstić information content (AvgIpc) is 3.17. The summed E-state index contributed by atoms with van der Waals surface area (Å²) in [6.07, 6.45) is 8.10. The highest BCUT2D eigenvalue weighted by molar-refractivity contribution is 5.08. The molecule has 1 N–H and O–H groups in total. The van der Waals surface area contributed by atoms with Gasteiger partial charge in [0.25, 0.3) is 0 Å². The van der Waals surface area contributed by atoms with Gasteiger partial charge in [-0.1, -0.05) is 0 Å². The molecule has 16 heavy (non-hydrogen) atoms. The molecule has 2 nitrogen and oxygen atoms in total. The van der Waals surface area contributed by atoms with E-state index in [0.29, 0.717) is 0 Å². The lowest BCUT2D eigenvalue weighted by atomic mass is 10.0. The molecule has 0 radical (unpaired) electrons. The third-order valence-corrected chi connectivity index (χ3v) is 4.38. The number of hydrogen-bond acceptors (Lipinski definition) is 1. The highest BCUT2D eigenvalue weighted by Crippen LogP contribution is 2.60. The van der Waals surface area contributed by atoms with Crippen LogP contribution in [0.4, 0.5) is 0 Å². The number of nitrogens with one attached hydrogen (secondary N) is 1. The average molecular weight is 218 g/mol. The molecule has 2 saturated carbocycles. The Labute approximate surface area is 98.0 Å². The summed E-state index contributed by atoms with van der Waals surface area (Å²) in [7, 11) is 0. The second-order valence-corrected chi connectivity index (χ2v) is 5.53. The largest absolute Gasteiger partial charge is 0.351 e. The van der Waals surface area contributed by atoms with Gasteiger partial charge in [0, 0.05) is 31.5 Å². The smallest absolute Gasteiger partial charge is 0.0359 e. The van der Waals surface area contributed by atoms with Crippen molar-refractivity contribution >= 4 is 0 Å². The Hall–Kier alpha value is -0.760. The normalized spacial score (nSPS) is 22.3. The van der Waals surface area contributed by atoms with Gasteiger partial charge < -0.3 is 9.88 Å². The van der Waals surface area contributed by atoms with E-state index in [2.05, 4.69) is 35.1 Å². The Morgan fingerprint density at radius 1 is 1.44 bits per heavy atom. The third kappa shape index (κ3) is 1.91. The molecule has 2 heteroatoms. The van der Waals surface area contributed by atoms with Crippen LogP contribution in [0.25, 0.3) is 0 Å². The lowest BCUT2D eigenvalue weighted by Crippen LogP contribution is -2.25. The van der Waals surface area contributed by atoms with Crippen molar-refractivity contribution < 1.29 is 0 Å². The first-order chi connectivity index (χ1) is 7.84.